The van der Waals surface area contributed by atoms with Crippen LogP contribution in [0.15, 0.2) is 83.0 Å². The third-order valence-corrected chi connectivity index (χ3v) is 6.66. The molecule has 1 atom stereocenters. The number of aliphatic carboxylic acids is 1. The minimum absolute atomic E-state index is 0.120. The van der Waals surface area contributed by atoms with Crippen molar-refractivity contribution in [2.24, 2.45) is 5.16 Å². The van der Waals surface area contributed by atoms with Gasteiger partial charge < -0.3 is 28.9 Å². The molecule has 41 heavy (non-hydrogen) atoms. The summed E-state index contributed by atoms with van der Waals surface area (Å²) in [5.74, 6) is -1.50. The first-order valence-electron chi connectivity index (χ1n) is 13.0. The van der Waals surface area contributed by atoms with Crippen molar-refractivity contribution in [3.05, 3.63) is 111 Å². The van der Waals surface area contributed by atoms with Gasteiger partial charge in [-0.1, -0.05) is 41.6 Å². The summed E-state index contributed by atoms with van der Waals surface area (Å²) < 4.78 is 36.0. The number of carboxylic acid groups (broad SMARTS) is 1. The van der Waals surface area contributed by atoms with Crippen molar-refractivity contribution in [3.63, 3.8) is 0 Å². The van der Waals surface area contributed by atoms with E-state index >= 15 is 0 Å². The molecule has 9 heteroatoms. The van der Waals surface area contributed by atoms with Crippen molar-refractivity contribution in [1.29, 1.82) is 0 Å². The van der Waals surface area contributed by atoms with Crippen LogP contribution in [0.5, 0.6) is 5.75 Å². The monoisotopic (exact) mass is 559 g/mol. The standard InChI is InChI=1S/C32H30FNO7/c1-32(2)39-19-29(40-32)41-34-16-20-5-4-6-25(14-20)38-17-21-7-12-26-23(13-21)15-27(31(35)36)28(18-37-3)30(26)22-8-10-24(33)11-9-22/h4-14,16-17,29H,15,18-19H2,1-3H3,(H,35,36)/b21-17+,34-16?/t29-/m0/s1. The summed E-state index contributed by atoms with van der Waals surface area (Å²) in [6.45, 7) is 4.03. The zero-order chi connectivity index (χ0) is 29.0. The molecule has 0 unspecified atom stereocenters. The van der Waals surface area contributed by atoms with Crippen LogP contribution in [0, 0.1) is 5.82 Å². The van der Waals surface area contributed by atoms with Crippen LogP contribution < -0.4 is 15.2 Å². The molecule has 1 aliphatic carbocycles. The van der Waals surface area contributed by atoms with Gasteiger partial charge in [0.1, 0.15) is 18.2 Å². The number of nitrogens with zero attached hydrogens (tertiary/aromatic N) is 1. The number of hydrogen-bond donors (Lipinski definition) is 1. The van der Waals surface area contributed by atoms with E-state index in [1.807, 2.05) is 50.2 Å². The predicted molar refractivity (Wildman–Crippen MR) is 150 cm³/mol. The van der Waals surface area contributed by atoms with E-state index in [9.17, 15) is 14.3 Å². The van der Waals surface area contributed by atoms with Gasteiger partial charge in [0.25, 0.3) is 6.29 Å². The van der Waals surface area contributed by atoms with Crippen molar-refractivity contribution in [3.8, 4) is 5.75 Å². The van der Waals surface area contributed by atoms with Gasteiger partial charge in [0.05, 0.1) is 19.1 Å². The van der Waals surface area contributed by atoms with E-state index in [-0.39, 0.29) is 24.4 Å². The third kappa shape index (κ3) is 6.71. The van der Waals surface area contributed by atoms with Crippen LogP contribution >= 0.6 is 0 Å². The minimum Gasteiger partial charge on any atom is -0.478 e. The van der Waals surface area contributed by atoms with Gasteiger partial charge in [-0.3, -0.25) is 0 Å². The lowest BCUT2D eigenvalue weighted by Gasteiger charge is -2.22. The molecule has 3 aromatic rings. The molecule has 212 valence electrons. The van der Waals surface area contributed by atoms with Crippen molar-refractivity contribution in [1.82, 2.24) is 0 Å². The Kier molecular flexibility index (Phi) is 8.30. The van der Waals surface area contributed by atoms with Crippen LogP contribution in [-0.4, -0.2) is 49.7 Å². The van der Waals surface area contributed by atoms with Gasteiger partial charge >= 0.3 is 5.97 Å². The van der Waals surface area contributed by atoms with E-state index in [0.717, 1.165) is 21.6 Å². The molecule has 1 aliphatic heterocycles. The largest absolute Gasteiger partial charge is 0.478 e. The van der Waals surface area contributed by atoms with Crippen molar-refractivity contribution in [2.75, 3.05) is 20.3 Å². The number of methoxy groups -OCH3 is 1. The fraction of sp³-hybridized carbons (Fsp3) is 0.250. The Labute approximate surface area is 236 Å². The SMILES string of the molecule is COCC1=C(C(=O)O)Cc2c/c(=C/Oc3cccc(C=NO[C@H]4COC(C)(C)O4)c3)ccc2=C1c1ccc(F)cc1. The highest BCUT2D eigenvalue weighted by atomic mass is 19.1. The fourth-order valence-corrected chi connectivity index (χ4v) is 4.81. The molecule has 1 heterocycles. The topological polar surface area (TPSA) is 95.8 Å². The summed E-state index contributed by atoms with van der Waals surface area (Å²) in [5, 5.41) is 15.6. The molecule has 0 aromatic heterocycles. The Balaban J connectivity index is 1.41. The summed E-state index contributed by atoms with van der Waals surface area (Å²) in [6.07, 6.45) is 2.81. The van der Waals surface area contributed by atoms with Gasteiger partial charge in [0.2, 0.25) is 0 Å². The summed E-state index contributed by atoms with van der Waals surface area (Å²) >= 11 is 0. The molecule has 1 saturated heterocycles. The number of halogens is 1. The molecule has 0 radical (unpaired) electrons. The van der Waals surface area contributed by atoms with Gasteiger partial charge in [0, 0.05) is 24.3 Å². The van der Waals surface area contributed by atoms with E-state index in [2.05, 4.69) is 5.16 Å². The first-order chi connectivity index (χ1) is 19.7. The molecule has 5 rings (SSSR count). The molecule has 0 spiro atoms. The van der Waals surface area contributed by atoms with Crippen LogP contribution in [0.1, 0.15) is 30.5 Å². The highest BCUT2D eigenvalue weighted by Crippen LogP contribution is 2.29. The quantitative estimate of drug-likeness (QED) is 0.314. The minimum atomic E-state index is -1.02. The molecule has 0 saturated carbocycles. The van der Waals surface area contributed by atoms with Crippen LogP contribution in [0.4, 0.5) is 4.39 Å². The van der Waals surface area contributed by atoms with Crippen molar-refractivity contribution >= 4 is 24.0 Å². The maximum absolute atomic E-state index is 13.7. The van der Waals surface area contributed by atoms with E-state index in [0.29, 0.717) is 29.1 Å². The maximum atomic E-state index is 13.7. The second kappa shape index (κ2) is 12.1. The lowest BCUT2D eigenvalue weighted by Crippen LogP contribution is -2.28. The number of hydrogen-bond acceptors (Lipinski definition) is 7. The van der Waals surface area contributed by atoms with E-state index in [1.54, 1.807) is 30.7 Å². The first-order valence-corrected chi connectivity index (χ1v) is 13.0. The zero-order valence-electron chi connectivity index (χ0n) is 22.9. The Morgan fingerprint density at radius 2 is 1.95 bits per heavy atom. The summed E-state index contributed by atoms with van der Waals surface area (Å²) in [7, 11) is 1.52. The zero-order valence-corrected chi connectivity index (χ0v) is 22.9. The first kappa shape index (κ1) is 28.2. The number of ether oxygens (including phenoxy) is 4. The van der Waals surface area contributed by atoms with Gasteiger partial charge in [-0.05, 0) is 77.2 Å². The lowest BCUT2D eigenvalue weighted by atomic mass is 9.83. The number of oxime groups is 1. The molecule has 2 aliphatic rings. The van der Waals surface area contributed by atoms with Crippen molar-refractivity contribution in [2.45, 2.75) is 32.3 Å². The fourth-order valence-electron chi connectivity index (χ4n) is 4.81. The van der Waals surface area contributed by atoms with Gasteiger partial charge in [-0.2, -0.15) is 0 Å². The third-order valence-electron chi connectivity index (χ3n) is 6.66. The van der Waals surface area contributed by atoms with E-state index in [4.69, 9.17) is 23.8 Å². The normalized spacial score (nSPS) is 18.6. The molecule has 3 aromatic carbocycles. The van der Waals surface area contributed by atoms with Crippen molar-refractivity contribution < 1.29 is 38.1 Å². The predicted octanol–water partition coefficient (Wildman–Crippen LogP) is 3.88. The summed E-state index contributed by atoms with van der Waals surface area (Å²) in [6, 6.07) is 19.0. The number of fused-ring (bicyclic) bond motifs is 1. The van der Waals surface area contributed by atoms with Crippen LogP contribution in [0.3, 0.4) is 0 Å². The average molecular weight is 560 g/mol. The molecule has 8 nitrogen and oxygen atoms in total. The molecular weight excluding hydrogens is 529 g/mol. The Morgan fingerprint density at radius 1 is 1.15 bits per heavy atom. The Morgan fingerprint density at radius 3 is 2.66 bits per heavy atom. The van der Waals surface area contributed by atoms with E-state index < -0.39 is 18.0 Å². The molecule has 1 fully saturated rings. The highest BCUT2D eigenvalue weighted by molar-refractivity contribution is 5.96. The maximum Gasteiger partial charge on any atom is 0.332 e. The van der Waals surface area contributed by atoms with Gasteiger partial charge in [-0.15, -0.1) is 0 Å². The molecule has 0 bridgehead atoms. The lowest BCUT2D eigenvalue weighted by molar-refractivity contribution is -0.190. The summed E-state index contributed by atoms with van der Waals surface area (Å²) in [5.41, 5.74) is 3.82. The number of benzene rings is 3. The van der Waals surface area contributed by atoms with E-state index in [1.165, 1.54) is 19.2 Å². The van der Waals surface area contributed by atoms with Gasteiger partial charge in [0.15, 0.2) is 5.79 Å². The van der Waals surface area contributed by atoms with Crippen LogP contribution in [0.2, 0.25) is 0 Å². The van der Waals surface area contributed by atoms with Crippen LogP contribution in [0.25, 0.3) is 11.8 Å². The van der Waals surface area contributed by atoms with Crippen LogP contribution in [-0.2, 0) is 30.3 Å². The summed E-state index contributed by atoms with van der Waals surface area (Å²) in [4.78, 5) is 17.6. The van der Waals surface area contributed by atoms with Gasteiger partial charge in [-0.25, -0.2) is 9.18 Å². The Bertz CT molecular complexity index is 1630. The second-order valence-electron chi connectivity index (χ2n) is 10.1. The number of carbonyl (C=O) groups is 1. The smallest absolute Gasteiger partial charge is 0.332 e. The highest BCUT2D eigenvalue weighted by Gasteiger charge is 2.34. The Hall–Kier alpha value is -4.31. The average Bonchev–Trinajstić information content (AvgIpc) is 3.30. The second-order valence-corrected chi connectivity index (χ2v) is 10.1. The number of rotatable bonds is 9. The number of carboxylic acids is 1. The molecule has 1 N–H and O–H groups in total. The molecular formula is C32H30FNO7. The molecule has 0 amide bonds.